The highest BCUT2D eigenvalue weighted by Crippen LogP contribution is 2.41. The smallest absolute Gasteiger partial charge is 0.159 e. The topological polar surface area (TPSA) is 25.8 Å². The first-order valence-electron chi connectivity index (χ1n) is 6.37. The third kappa shape index (κ3) is 2.67. The van der Waals surface area contributed by atoms with Crippen molar-refractivity contribution in [2.45, 2.75) is 31.6 Å². The van der Waals surface area contributed by atoms with E-state index in [4.69, 9.17) is 16.6 Å². The Kier molecular flexibility index (Phi) is 3.59. The van der Waals surface area contributed by atoms with Gasteiger partial charge in [0, 0.05) is 27.7 Å². The zero-order chi connectivity index (χ0) is 13.4. The van der Waals surface area contributed by atoms with Gasteiger partial charge in [-0.15, -0.1) is 11.6 Å². The Morgan fingerprint density at radius 1 is 1.37 bits per heavy atom. The van der Waals surface area contributed by atoms with E-state index in [0.29, 0.717) is 11.8 Å². The SMILES string of the molecule is Cc1cc(Br)ccc1-c1ncc(CCl)c(C2CC2)n1. The van der Waals surface area contributed by atoms with Crippen LogP contribution in [-0.4, -0.2) is 9.97 Å². The average Bonchev–Trinajstić information content (AvgIpc) is 3.22. The summed E-state index contributed by atoms with van der Waals surface area (Å²) < 4.78 is 1.08. The molecule has 0 atom stereocenters. The number of aryl methyl sites for hydroxylation is 1. The lowest BCUT2D eigenvalue weighted by Crippen LogP contribution is -2.00. The average molecular weight is 338 g/mol. The number of halogens is 2. The highest BCUT2D eigenvalue weighted by atomic mass is 79.9. The van der Waals surface area contributed by atoms with E-state index in [1.165, 1.54) is 18.4 Å². The maximum Gasteiger partial charge on any atom is 0.159 e. The van der Waals surface area contributed by atoms with E-state index in [9.17, 15) is 0 Å². The summed E-state index contributed by atoms with van der Waals surface area (Å²) in [5.41, 5.74) is 4.48. The van der Waals surface area contributed by atoms with Crippen LogP contribution < -0.4 is 0 Å². The van der Waals surface area contributed by atoms with E-state index < -0.39 is 0 Å². The van der Waals surface area contributed by atoms with Gasteiger partial charge in [0.2, 0.25) is 0 Å². The Morgan fingerprint density at radius 3 is 2.79 bits per heavy atom. The summed E-state index contributed by atoms with van der Waals surface area (Å²) in [7, 11) is 0. The lowest BCUT2D eigenvalue weighted by molar-refractivity contribution is 0.957. The summed E-state index contributed by atoms with van der Waals surface area (Å²) in [6.45, 7) is 2.08. The summed E-state index contributed by atoms with van der Waals surface area (Å²) in [5, 5.41) is 0. The molecule has 1 heterocycles. The highest BCUT2D eigenvalue weighted by molar-refractivity contribution is 9.10. The van der Waals surface area contributed by atoms with Crippen molar-refractivity contribution in [3.63, 3.8) is 0 Å². The molecule has 2 nitrogen and oxygen atoms in total. The molecule has 98 valence electrons. The van der Waals surface area contributed by atoms with Crippen molar-refractivity contribution < 1.29 is 0 Å². The van der Waals surface area contributed by atoms with Crippen LogP contribution in [-0.2, 0) is 5.88 Å². The predicted molar refractivity (Wildman–Crippen MR) is 81.4 cm³/mol. The number of rotatable bonds is 3. The van der Waals surface area contributed by atoms with Crippen molar-refractivity contribution in [3.8, 4) is 11.4 Å². The van der Waals surface area contributed by atoms with Gasteiger partial charge in [-0.3, -0.25) is 0 Å². The zero-order valence-corrected chi connectivity index (χ0v) is 13.0. The standard InChI is InChI=1S/C15H14BrClN2/c1-9-6-12(16)4-5-13(9)15-18-8-11(7-17)14(19-15)10-2-3-10/h4-6,8,10H,2-3,7H2,1H3. The lowest BCUT2D eigenvalue weighted by Gasteiger charge is -2.09. The number of benzene rings is 1. The van der Waals surface area contributed by atoms with Gasteiger partial charge in [0.1, 0.15) is 0 Å². The minimum absolute atomic E-state index is 0.492. The molecule has 1 aromatic heterocycles. The van der Waals surface area contributed by atoms with Crippen LogP contribution in [0.15, 0.2) is 28.9 Å². The first-order chi connectivity index (χ1) is 9.19. The number of hydrogen-bond donors (Lipinski definition) is 0. The second-order valence-corrected chi connectivity index (χ2v) is 6.15. The molecule has 2 aromatic rings. The molecule has 0 spiro atoms. The Hall–Kier alpha value is -0.930. The molecule has 0 bridgehead atoms. The van der Waals surface area contributed by atoms with Crippen LogP contribution >= 0.6 is 27.5 Å². The molecular formula is C15H14BrClN2. The van der Waals surface area contributed by atoms with Crippen LogP contribution in [0, 0.1) is 6.92 Å². The van der Waals surface area contributed by atoms with E-state index in [2.05, 4.69) is 40.0 Å². The molecule has 1 aliphatic carbocycles. The Bertz CT molecular complexity index is 624. The fourth-order valence-corrected chi connectivity index (χ4v) is 2.92. The van der Waals surface area contributed by atoms with Crippen LogP contribution in [0.25, 0.3) is 11.4 Å². The third-order valence-electron chi connectivity index (χ3n) is 3.44. The van der Waals surface area contributed by atoms with Gasteiger partial charge < -0.3 is 0 Å². The van der Waals surface area contributed by atoms with Crippen LogP contribution in [0.1, 0.15) is 35.6 Å². The molecule has 0 saturated heterocycles. The van der Waals surface area contributed by atoms with Gasteiger partial charge in [0.15, 0.2) is 5.82 Å². The van der Waals surface area contributed by atoms with Crippen molar-refractivity contribution in [1.82, 2.24) is 9.97 Å². The Balaban J connectivity index is 2.07. The molecule has 4 heteroatoms. The maximum atomic E-state index is 5.97. The molecule has 0 amide bonds. The molecular weight excluding hydrogens is 324 g/mol. The van der Waals surface area contributed by atoms with Crippen molar-refractivity contribution in [2.75, 3.05) is 0 Å². The summed E-state index contributed by atoms with van der Waals surface area (Å²) in [6, 6.07) is 6.18. The van der Waals surface area contributed by atoms with Crippen LogP contribution in [0.3, 0.4) is 0 Å². The van der Waals surface area contributed by atoms with Crippen molar-refractivity contribution in [2.24, 2.45) is 0 Å². The molecule has 1 aromatic carbocycles. The van der Waals surface area contributed by atoms with Crippen LogP contribution in [0.5, 0.6) is 0 Å². The van der Waals surface area contributed by atoms with E-state index in [0.717, 1.165) is 27.1 Å². The third-order valence-corrected chi connectivity index (χ3v) is 4.22. The van der Waals surface area contributed by atoms with Crippen molar-refractivity contribution in [3.05, 3.63) is 45.7 Å². The van der Waals surface area contributed by atoms with Gasteiger partial charge in [-0.25, -0.2) is 9.97 Å². The Morgan fingerprint density at radius 2 is 2.16 bits per heavy atom. The second-order valence-electron chi connectivity index (χ2n) is 4.97. The largest absolute Gasteiger partial charge is 0.236 e. The Labute approximate surface area is 126 Å². The summed E-state index contributed by atoms with van der Waals surface area (Å²) in [4.78, 5) is 9.23. The summed E-state index contributed by atoms with van der Waals surface area (Å²) in [5.74, 6) is 1.89. The quantitative estimate of drug-likeness (QED) is 0.750. The minimum atomic E-state index is 0.492. The maximum absolute atomic E-state index is 5.97. The molecule has 1 saturated carbocycles. The molecule has 0 N–H and O–H groups in total. The zero-order valence-electron chi connectivity index (χ0n) is 10.7. The van der Waals surface area contributed by atoms with E-state index in [1.807, 2.05) is 12.3 Å². The molecule has 0 aliphatic heterocycles. The van der Waals surface area contributed by atoms with Gasteiger partial charge in [0.25, 0.3) is 0 Å². The molecule has 1 aliphatic rings. The van der Waals surface area contributed by atoms with Gasteiger partial charge in [-0.2, -0.15) is 0 Å². The number of hydrogen-bond acceptors (Lipinski definition) is 2. The van der Waals surface area contributed by atoms with Crippen LogP contribution in [0.2, 0.25) is 0 Å². The van der Waals surface area contributed by atoms with Gasteiger partial charge in [0.05, 0.1) is 11.6 Å². The van der Waals surface area contributed by atoms with Gasteiger partial charge in [-0.1, -0.05) is 15.9 Å². The first kappa shape index (κ1) is 13.1. The van der Waals surface area contributed by atoms with E-state index >= 15 is 0 Å². The molecule has 0 radical (unpaired) electrons. The number of nitrogens with zero attached hydrogens (tertiary/aromatic N) is 2. The lowest BCUT2D eigenvalue weighted by atomic mass is 10.1. The van der Waals surface area contributed by atoms with Gasteiger partial charge in [-0.05, 0) is 43.5 Å². The van der Waals surface area contributed by atoms with E-state index in [-0.39, 0.29) is 0 Å². The normalized spacial score (nSPS) is 14.7. The molecule has 3 rings (SSSR count). The van der Waals surface area contributed by atoms with Crippen molar-refractivity contribution in [1.29, 1.82) is 0 Å². The fourth-order valence-electron chi connectivity index (χ4n) is 2.24. The molecule has 19 heavy (non-hydrogen) atoms. The van der Waals surface area contributed by atoms with Crippen molar-refractivity contribution >= 4 is 27.5 Å². The number of alkyl halides is 1. The van der Waals surface area contributed by atoms with E-state index in [1.54, 1.807) is 0 Å². The summed E-state index contributed by atoms with van der Waals surface area (Å²) >= 11 is 9.45. The first-order valence-corrected chi connectivity index (χ1v) is 7.70. The molecule has 0 unspecified atom stereocenters. The summed E-state index contributed by atoms with van der Waals surface area (Å²) in [6.07, 6.45) is 4.32. The van der Waals surface area contributed by atoms with Crippen LogP contribution in [0.4, 0.5) is 0 Å². The molecule has 1 fully saturated rings. The minimum Gasteiger partial charge on any atom is -0.236 e. The predicted octanol–water partition coefficient (Wildman–Crippen LogP) is 4.83. The van der Waals surface area contributed by atoms with Gasteiger partial charge >= 0.3 is 0 Å². The second kappa shape index (κ2) is 5.22. The number of aromatic nitrogens is 2. The monoisotopic (exact) mass is 336 g/mol. The highest BCUT2D eigenvalue weighted by Gasteiger charge is 2.28. The fraction of sp³-hybridized carbons (Fsp3) is 0.333.